The number of benzene rings is 2. The van der Waals surface area contributed by atoms with E-state index >= 15 is 0 Å². The maximum absolute atomic E-state index is 13.7. The molecule has 1 fully saturated rings. The number of anilines is 1. The number of carbonyl (C=O) groups is 1. The van der Waals surface area contributed by atoms with Crippen molar-refractivity contribution >= 4 is 23.1 Å². The molecule has 8 heteroatoms. The number of amides is 1. The topological polar surface area (TPSA) is 68.0 Å². The number of carbonyl (C=O) groups excluding carboxylic acids is 1. The van der Waals surface area contributed by atoms with Gasteiger partial charge in [-0.05, 0) is 42.0 Å². The van der Waals surface area contributed by atoms with Crippen LogP contribution in [0.4, 0.5) is 5.88 Å². The standard InChI is InChI=1S/C27H25N3O4S/c31-26(24-9-6-14-35-24)30(16-19-10-11-22-23(15-19)33-18-32-22)17-21-25(20-7-2-1-3-8-20)28-34-27(21)29-12-4-5-13-29/h1-3,6-11,14-15H,4-5,12-13,16-18H2. The summed E-state index contributed by atoms with van der Waals surface area (Å²) in [6, 6.07) is 19.6. The Morgan fingerprint density at radius 3 is 2.60 bits per heavy atom. The van der Waals surface area contributed by atoms with Gasteiger partial charge in [-0.3, -0.25) is 4.79 Å². The highest BCUT2D eigenvalue weighted by atomic mass is 32.1. The minimum atomic E-state index is -0.0229. The lowest BCUT2D eigenvalue weighted by molar-refractivity contribution is 0.0735. The number of ether oxygens (including phenoxy) is 2. The van der Waals surface area contributed by atoms with E-state index in [0.29, 0.717) is 23.7 Å². The van der Waals surface area contributed by atoms with Crippen LogP contribution in [0.2, 0.25) is 0 Å². The van der Waals surface area contributed by atoms with Gasteiger partial charge in [0.25, 0.3) is 5.91 Å². The molecule has 0 bridgehead atoms. The summed E-state index contributed by atoms with van der Waals surface area (Å²) in [6.07, 6.45) is 2.24. The van der Waals surface area contributed by atoms with E-state index in [1.807, 2.05) is 70.9 Å². The van der Waals surface area contributed by atoms with Crippen LogP contribution in [0.1, 0.15) is 33.6 Å². The smallest absolute Gasteiger partial charge is 0.264 e. The first-order chi connectivity index (χ1) is 17.3. The number of aromatic nitrogens is 1. The predicted octanol–water partition coefficient (Wildman–Crippen LogP) is 5.57. The van der Waals surface area contributed by atoms with Crippen LogP contribution < -0.4 is 14.4 Å². The molecule has 2 aliphatic rings. The Bertz CT molecular complexity index is 1310. The van der Waals surface area contributed by atoms with Crippen molar-refractivity contribution in [3.05, 3.63) is 82.0 Å². The molecular weight excluding hydrogens is 462 g/mol. The molecule has 0 aliphatic carbocycles. The highest BCUT2D eigenvalue weighted by Gasteiger charge is 2.28. The van der Waals surface area contributed by atoms with Gasteiger partial charge in [-0.1, -0.05) is 47.6 Å². The fourth-order valence-electron chi connectivity index (χ4n) is 4.64. The summed E-state index contributed by atoms with van der Waals surface area (Å²) in [5, 5.41) is 6.40. The van der Waals surface area contributed by atoms with Crippen molar-refractivity contribution < 1.29 is 18.8 Å². The van der Waals surface area contributed by atoms with Crippen molar-refractivity contribution in [3.8, 4) is 22.8 Å². The molecule has 1 amide bonds. The Hall–Kier alpha value is -3.78. The highest BCUT2D eigenvalue weighted by Crippen LogP contribution is 2.36. The predicted molar refractivity (Wildman–Crippen MR) is 134 cm³/mol. The van der Waals surface area contributed by atoms with Gasteiger partial charge in [0.1, 0.15) is 5.69 Å². The van der Waals surface area contributed by atoms with Crippen molar-refractivity contribution in [1.82, 2.24) is 10.1 Å². The second-order valence-corrected chi connectivity index (χ2v) is 9.65. The summed E-state index contributed by atoms with van der Waals surface area (Å²) in [4.78, 5) is 18.5. The van der Waals surface area contributed by atoms with Crippen LogP contribution in [0.3, 0.4) is 0 Å². The molecule has 0 saturated carbocycles. The normalized spacial score (nSPS) is 14.5. The summed E-state index contributed by atoms with van der Waals surface area (Å²) in [6.45, 7) is 2.88. The molecule has 0 unspecified atom stereocenters. The number of rotatable bonds is 7. The summed E-state index contributed by atoms with van der Waals surface area (Å²) < 4.78 is 16.9. The number of hydrogen-bond donors (Lipinski definition) is 0. The average Bonchev–Trinajstić information content (AvgIpc) is 3.70. The molecule has 6 rings (SSSR count). The highest BCUT2D eigenvalue weighted by molar-refractivity contribution is 7.12. The SMILES string of the molecule is O=C(c1cccs1)N(Cc1ccc2c(c1)OCO2)Cc1c(-c2ccccc2)noc1N1CCCC1. The molecule has 2 aromatic carbocycles. The Balaban J connectivity index is 1.38. The Kier molecular flexibility index (Phi) is 5.88. The van der Waals surface area contributed by atoms with Gasteiger partial charge in [0.15, 0.2) is 11.5 Å². The number of thiophene rings is 1. The van der Waals surface area contributed by atoms with Crippen LogP contribution in [-0.4, -0.2) is 35.8 Å². The molecule has 178 valence electrons. The second kappa shape index (κ2) is 9.46. The quantitative estimate of drug-likeness (QED) is 0.339. The largest absolute Gasteiger partial charge is 0.454 e. The summed E-state index contributed by atoms with van der Waals surface area (Å²) >= 11 is 1.45. The number of fused-ring (bicyclic) bond motifs is 1. The van der Waals surface area contributed by atoms with Crippen LogP contribution in [0.15, 0.2) is 70.6 Å². The summed E-state index contributed by atoms with van der Waals surface area (Å²) in [5.74, 6) is 2.17. The van der Waals surface area contributed by atoms with Gasteiger partial charge < -0.3 is 23.8 Å². The van der Waals surface area contributed by atoms with E-state index < -0.39 is 0 Å². The second-order valence-electron chi connectivity index (χ2n) is 8.70. The van der Waals surface area contributed by atoms with Gasteiger partial charge in [-0.25, -0.2) is 0 Å². The first-order valence-corrected chi connectivity index (χ1v) is 12.6. The van der Waals surface area contributed by atoms with Crippen molar-refractivity contribution in [2.24, 2.45) is 0 Å². The fourth-order valence-corrected chi connectivity index (χ4v) is 5.33. The van der Waals surface area contributed by atoms with Crippen LogP contribution in [-0.2, 0) is 13.1 Å². The first-order valence-electron chi connectivity index (χ1n) is 11.8. The molecule has 35 heavy (non-hydrogen) atoms. The van der Waals surface area contributed by atoms with Crippen LogP contribution >= 0.6 is 11.3 Å². The lowest BCUT2D eigenvalue weighted by Gasteiger charge is -2.24. The van der Waals surface area contributed by atoms with E-state index in [0.717, 1.165) is 59.9 Å². The Morgan fingerprint density at radius 2 is 1.80 bits per heavy atom. The van der Waals surface area contributed by atoms with E-state index in [-0.39, 0.29) is 12.7 Å². The first kappa shape index (κ1) is 21.7. The lowest BCUT2D eigenvalue weighted by Crippen LogP contribution is -2.30. The third kappa shape index (κ3) is 4.37. The Labute approximate surface area is 207 Å². The molecule has 0 atom stereocenters. The van der Waals surface area contributed by atoms with Crippen molar-refractivity contribution in [3.63, 3.8) is 0 Å². The summed E-state index contributed by atoms with van der Waals surface area (Å²) in [7, 11) is 0. The van der Waals surface area contributed by atoms with Crippen LogP contribution in [0.25, 0.3) is 11.3 Å². The third-order valence-electron chi connectivity index (χ3n) is 6.39. The molecule has 1 saturated heterocycles. The molecule has 4 aromatic rings. The number of nitrogens with zero attached hydrogens (tertiary/aromatic N) is 3. The van der Waals surface area contributed by atoms with Crippen molar-refractivity contribution in [2.75, 3.05) is 24.8 Å². The van der Waals surface area contributed by atoms with Crippen LogP contribution in [0, 0.1) is 0 Å². The zero-order chi connectivity index (χ0) is 23.6. The minimum Gasteiger partial charge on any atom is -0.454 e. The van der Waals surface area contributed by atoms with E-state index in [9.17, 15) is 4.79 Å². The van der Waals surface area contributed by atoms with Gasteiger partial charge in [0.2, 0.25) is 12.7 Å². The number of hydrogen-bond acceptors (Lipinski definition) is 7. The maximum atomic E-state index is 13.7. The lowest BCUT2D eigenvalue weighted by atomic mass is 10.1. The van der Waals surface area contributed by atoms with Crippen molar-refractivity contribution in [1.29, 1.82) is 0 Å². The van der Waals surface area contributed by atoms with E-state index in [4.69, 9.17) is 14.0 Å². The van der Waals surface area contributed by atoms with Gasteiger partial charge in [0, 0.05) is 25.2 Å². The van der Waals surface area contributed by atoms with Gasteiger partial charge >= 0.3 is 0 Å². The molecule has 2 aliphatic heterocycles. The third-order valence-corrected chi connectivity index (χ3v) is 7.24. The average molecular weight is 488 g/mol. The van der Waals surface area contributed by atoms with Gasteiger partial charge in [0.05, 0.1) is 17.0 Å². The molecule has 0 spiro atoms. The molecular formula is C27H25N3O4S. The molecule has 0 radical (unpaired) electrons. The van der Waals surface area contributed by atoms with E-state index in [1.165, 1.54) is 11.3 Å². The molecule has 7 nitrogen and oxygen atoms in total. The Morgan fingerprint density at radius 1 is 0.971 bits per heavy atom. The fraction of sp³-hybridized carbons (Fsp3) is 0.259. The van der Waals surface area contributed by atoms with Gasteiger partial charge in [-0.15, -0.1) is 11.3 Å². The maximum Gasteiger partial charge on any atom is 0.264 e. The van der Waals surface area contributed by atoms with Crippen LogP contribution in [0.5, 0.6) is 11.5 Å². The van der Waals surface area contributed by atoms with E-state index in [2.05, 4.69) is 10.1 Å². The molecule has 2 aromatic heterocycles. The minimum absolute atomic E-state index is 0.0229. The van der Waals surface area contributed by atoms with E-state index in [1.54, 1.807) is 0 Å². The zero-order valence-corrected chi connectivity index (χ0v) is 20.0. The van der Waals surface area contributed by atoms with Gasteiger partial charge in [-0.2, -0.15) is 0 Å². The zero-order valence-electron chi connectivity index (χ0n) is 19.2. The monoisotopic (exact) mass is 487 g/mol. The van der Waals surface area contributed by atoms with Crippen molar-refractivity contribution in [2.45, 2.75) is 25.9 Å². The molecule has 4 heterocycles. The molecule has 0 N–H and O–H groups in total. The summed E-state index contributed by atoms with van der Waals surface area (Å²) in [5.41, 5.74) is 3.66.